The van der Waals surface area contributed by atoms with Crippen LogP contribution in [0.15, 0.2) is 24.3 Å². The second kappa shape index (κ2) is 7.09. The molecule has 4 amide bonds. The van der Waals surface area contributed by atoms with Crippen molar-refractivity contribution < 1.29 is 14.4 Å². The standard InChI is InChI=1S/C16H19ClN4O3/c17-11-3-1-2-4-13(11)20-7-9-21(10-8-20)14(22)6-5-12-15(23)19-16(24)18-12/h1-4,12H,5-10H2,(H2,18,19,23,24)/t12-/m1/s1. The van der Waals surface area contributed by atoms with E-state index in [1.807, 2.05) is 24.3 Å². The number of halogens is 1. The maximum absolute atomic E-state index is 12.3. The summed E-state index contributed by atoms with van der Waals surface area (Å²) in [7, 11) is 0. The number of nitrogens with one attached hydrogen (secondary N) is 2. The summed E-state index contributed by atoms with van der Waals surface area (Å²) in [5.74, 6) is -0.362. The van der Waals surface area contributed by atoms with Gasteiger partial charge < -0.3 is 15.1 Å². The number of rotatable bonds is 4. The lowest BCUT2D eigenvalue weighted by Crippen LogP contribution is -2.49. The Balaban J connectivity index is 1.48. The van der Waals surface area contributed by atoms with Crippen LogP contribution in [0.2, 0.25) is 5.02 Å². The van der Waals surface area contributed by atoms with Crippen molar-refractivity contribution in [1.82, 2.24) is 15.5 Å². The monoisotopic (exact) mass is 350 g/mol. The van der Waals surface area contributed by atoms with Gasteiger partial charge in [-0.05, 0) is 18.6 Å². The van der Waals surface area contributed by atoms with E-state index >= 15 is 0 Å². The molecule has 0 saturated carbocycles. The van der Waals surface area contributed by atoms with Crippen molar-refractivity contribution >= 4 is 35.1 Å². The number of hydrogen-bond acceptors (Lipinski definition) is 4. The van der Waals surface area contributed by atoms with Gasteiger partial charge in [0.2, 0.25) is 5.91 Å². The minimum atomic E-state index is -0.606. The minimum absolute atomic E-state index is 0.00255. The van der Waals surface area contributed by atoms with Gasteiger partial charge in [-0.3, -0.25) is 14.9 Å². The molecule has 2 fully saturated rings. The van der Waals surface area contributed by atoms with Crippen molar-refractivity contribution in [3.63, 3.8) is 0 Å². The van der Waals surface area contributed by atoms with E-state index < -0.39 is 12.1 Å². The van der Waals surface area contributed by atoms with E-state index in [2.05, 4.69) is 15.5 Å². The summed E-state index contributed by atoms with van der Waals surface area (Å²) in [6.07, 6.45) is 0.561. The fraction of sp³-hybridized carbons (Fsp3) is 0.438. The van der Waals surface area contributed by atoms with Crippen LogP contribution in [-0.2, 0) is 9.59 Å². The highest BCUT2D eigenvalue weighted by atomic mass is 35.5. The van der Waals surface area contributed by atoms with Crippen molar-refractivity contribution in [2.45, 2.75) is 18.9 Å². The molecular formula is C16H19ClN4O3. The lowest BCUT2D eigenvalue weighted by atomic mass is 10.1. The van der Waals surface area contributed by atoms with Crippen molar-refractivity contribution in [2.24, 2.45) is 0 Å². The fourth-order valence-electron chi connectivity index (χ4n) is 2.99. The Kier molecular flexibility index (Phi) is 4.89. The summed E-state index contributed by atoms with van der Waals surface area (Å²) >= 11 is 6.21. The molecule has 0 aromatic heterocycles. The van der Waals surface area contributed by atoms with Crippen LogP contribution in [0, 0.1) is 0 Å². The summed E-state index contributed by atoms with van der Waals surface area (Å²) in [5.41, 5.74) is 0.983. The van der Waals surface area contributed by atoms with Gasteiger partial charge in [-0.1, -0.05) is 23.7 Å². The van der Waals surface area contributed by atoms with Gasteiger partial charge in [-0.25, -0.2) is 4.79 Å². The predicted octanol–water partition coefficient (Wildman–Crippen LogP) is 0.977. The molecule has 2 saturated heterocycles. The minimum Gasteiger partial charge on any atom is -0.367 e. The Morgan fingerprint density at radius 3 is 2.50 bits per heavy atom. The molecule has 1 aromatic carbocycles. The Bertz CT molecular complexity index is 658. The number of carbonyl (C=O) groups excluding carboxylic acids is 3. The number of benzene rings is 1. The third-order valence-corrected chi connectivity index (χ3v) is 4.65. The first-order valence-corrected chi connectivity index (χ1v) is 8.31. The SMILES string of the molecule is O=C1NC(=O)[C@@H](CCC(=O)N2CCN(c3ccccc3Cl)CC2)N1. The first-order chi connectivity index (χ1) is 11.5. The Labute approximate surface area is 144 Å². The zero-order chi connectivity index (χ0) is 17.1. The quantitative estimate of drug-likeness (QED) is 0.793. The normalized spacial score (nSPS) is 20.8. The zero-order valence-corrected chi connectivity index (χ0v) is 13.9. The highest BCUT2D eigenvalue weighted by molar-refractivity contribution is 6.33. The Morgan fingerprint density at radius 2 is 1.88 bits per heavy atom. The average molecular weight is 351 g/mol. The molecule has 1 aromatic rings. The molecule has 128 valence electrons. The van der Waals surface area contributed by atoms with Crippen molar-refractivity contribution in [3.8, 4) is 0 Å². The predicted molar refractivity (Wildman–Crippen MR) is 89.9 cm³/mol. The molecule has 0 radical (unpaired) electrons. The first kappa shape index (κ1) is 16.6. The topological polar surface area (TPSA) is 81.8 Å². The molecule has 2 aliphatic rings. The maximum atomic E-state index is 12.3. The molecule has 3 rings (SSSR count). The van der Waals surface area contributed by atoms with Gasteiger partial charge in [0.1, 0.15) is 6.04 Å². The molecular weight excluding hydrogens is 332 g/mol. The molecule has 0 bridgehead atoms. The van der Waals surface area contributed by atoms with Crippen molar-refractivity contribution in [2.75, 3.05) is 31.1 Å². The van der Waals surface area contributed by atoms with Crippen LogP contribution in [-0.4, -0.2) is 55.0 Å². The van der Waals surface area contributed by atoms with Gasteiger partial charge in [-0.2, -0.15) is 0 Å². The fourth-order valence-corrected chi connectivity index (χ4v) is 3.25. The largest absolute Gasteiger partial charge is 0.367 e. The van der Waals surface area contributed by atoms with Crippen LogP contribution in [0.1, 0.15) is 12.8 Å². The van der Waals surface area contributed by atoms with Crippen LogP contribution in [0.3, 0.4) is 0 Å². The number of amides is 4. The molecule has 0 aliphatic carbocycles. The van der Waals surface area contributed by atoms with Gasteiger partial charge in [0, 0.05) is 32.6 Å². The molecule has 0 spiro atoms. The van der Waals surface area contributed by atoms with Gasteiger partial charge in [0.25, 0.3) is 5.91 Å². The van der Waals surface area contributed by atoms with E-state index in [0.29, 0.717) is 24.5 Å². The van der Waals surface area contributed by atoms with Crippen molar-refractivity contribution in [3.05, 3.63) is 29.3 Å². The van der Waals surface area contributed by atoms with Crippen molar-refractivity contribution in [1.29, 1.82) is 0 Å². The van der Waals surface area contributed by atoms with E-state index in [0.717, 1.165) is 18.8 Å². The number of imide groups is 1. The Morgan fingerprint density at radius 1 is 1.17 bits per heavy atom. The van der Waals surface area contributed by atoms with E-state index in [9.17, 15) is 14.4 Å². The highest BCUT2D eigenvalue weighted by Crippen LogP contribution is 2.26. The molecule has 2 aliphatic heterocycles. The molecule has 7 nitrogen and oxygen atoms in total. The summed E-state index contributed by atoms with van der Waals surface area (Å²) < 4.78 is 0. The Hall–Kier alpha value is -2.28. The number of urea groups is 1. The number of piperazine rings is 1. The number of nitrogens with zero attached hydrogens (tertiary/aromatic N) is 2. The van der Waals surface area contributed by atoms with Crippen LogP contribution < -0.4 is 15.5 Å². The van der Waals surface area contributed by atoms with Crippen LogP contribution in [0.4, 0.5) is 10.5 Å². The van der Waals surface area contributed by atoms with E-state index in [1.54, 1.807) is 4.90 Å². The smallest absolute Gasteiger partial charge is 0.322 e. The van der Waals surface area contributed by atoms with Crippen LogP contribution in [0.25, 0.3) is 0 Å². The molecule has 2 heterocycles. The third kappa shape index (κ3) is 3.62. The van der Waals surface area contributed by atoms with Gasteiger partial charge in [0.05, 0.1) is 10.7 Å². The number of hydrogen-bond donors (Lipinski definition) is 2. The summed E-state index contributed by atoms with van der Waals surface area (Å²) in [6, 6.07) is 6.57. The average Bonchev–Trinajstić information content (AvgIpc) is 2.91. The summed E-state index contributed by atoms with van der Waals surface area (Å²) in [6.45, 7) is 2.67. The number of para-hydroxylation sites is 1. The molecule has 8 heteroatoms. The molecule has 1 atom stereocenters. The molecule has 0 unspecified atom stereocenters. The van der Waals surface area contributed by atoms with Gasteiger partial charge >= 0.3 is 6.03 Å². The summed E-state index contributed by atoms with van der Waals surface area (Å²) in [4.78, 5) is 38.8. The third-order valence-electron chi connectivity index (χ3n) is 4.33. The van der Waals surface area contributed by atoms with E-state index in [1.165, 1.54) is 0 Å². The van der Waals surface area contributed by atoms with Crippen LogP contribution in [0.5, 0.6) is 0 Å². The lowest BCUT2D eigenvalue weighted by Gasteiger charge is -2.36. The summed E-state index contributed by atoms with van der Waals surface area (Å²) in [5, 5.41) is 5.38. The first-order valence-electron chi connectivity index (χ1n) is 7.93. The highest BCUT2D eigenvalue weighted by Gasteiger charge is 2.30. The number of carbonyl (C=O) groups is 3. The maximum Gasteiger partial charge on any atom is 0.322 e. The molecule has 2 N–H and O–H groups in total. The van der Waals surface area contributed by atoms with Crippen LogP contribution >= 0.6 is 11.6 Å². The van der Waals surface area contributed by atoms with E-state index in [-0.39, 0.29) is 18.2 Å². The molecule has 24 heavy (non-hydrogen) atoms. The van der Waals surface area contributed by atoms with Gasteiger partial charge in [0.15, 0.2) is 0 Å². The second-order valence-corrected chi connectivity index (χ2v) is 6.28. The van der Waals surface area contributed by atoms with Gasteiger partial charge in [-0.15, -0.1) is 0 Å². The van der Waals surface area contributed by atoms with E-state index in [4.69, 9.17) is 11.6 Å². The lowest BCUT2D eigenvalue weighted by molar-refractivity contribution is -0.131. The number of anilines is 1. The second-order valence-electron chi connectivity index (χ2n) is 5.87. The zero-order valence-electron chi connectivity index (χ0n) is 13.1.